The summed E-state index contributed by atoms with van der Waals surface area (Å²) in [6.07, 6.45) is 3.66. The average Bonchev–Trinajstić information content (AvgIpc) is 2.04. The van der Waals surface area contributed by atoms with Crippen LogP contribution >= 0.6 is 0 Å². The largest absolute Gasteiger partial charge is 0.0622 e. The van der Waals surface area contributed by atoms with Crippen molar-refractivity contribution >= 4 is 0 Å². The third-order valence-corrected chi connectivity index (χ3v) is 2.62. The van der Waals surface area contributed by atoms with Crippen LogP contribution in [0, 0.1) is 12.3 Å². The molecule has 1 aromatic rings. The van der Waals surface area contributed by atoms with Gasteiger partial charge in [0.1, 0.15) is 0 Å². The zero-order chi connectivity index (χ0) is 7.68. The van der Waals surface area contributed by atoms with E-state index in [1.165, 1.54) is 12.0 Å². The highest BCUT2D eigenvalue weighted by atomic mass is 14.3. The Morgan fingerprint density at radius 3 is 2.36 bits per heavy atom. The van der Waals surface area contributed by atoms with E-state index < -0.39 is 0 Å². The molecule has 0 spiro atoms. The first kappa shape index (κ1) is 6.90. The van der Waals surface area contributed by atoms with Crippen LogP contribution in [-0.2, 0) is 0 Å². The summed E-state index contributed by atoms with van der Waals surface area (Å²) < 4.78 is 0. The first-order chi connectivity index (χ1) is 5.38. The Labute approximate surface area is 68.3 Å². The zero-order valence-electron chi connectivity index (χ0n) is 6.83. The molecule has 57 valence electrons. The van der Waals surface area contributed by atoms with E-state index in [-0.39, 0.29) is 0 Å². The van der Waals surface area contributed by atoms with Crippen molar-refractivity contribution in [3.63, 3.8) is 0 Å². The summed E-state index contributed by atoms with van der Waals surface area (Å²) >= 11 is 0. The normalized spacial score (nSPS) is 29.5. The van der Waals surface area contributed by atoms with Crippen LogP contribution in [0.1, 0.15) is 24.8 Å². The van der Waals surface area contributed by atoms with Gasteiger partial charge in [-0.15, -0.1) is 0 Å². The maximum absolute atomic E-state index is 2.39. The van der Waals surface area contributed by atoms with Crippen LogP contribution in [0.25, 0.3) is 0 Å². The van der Waals surface area contributed by atoms with E-state index in [4.69, 9.17) is 0 Å². The molecule has 0 aromatic heterocycles. The van der Waals surface area contributed by atoms with Gasteiger partial charge in [-0.05, 0) is 30.2 Å². The first-order valence-corrected chi connectivity index (χ1v) is 4.26. The summed E-state index contributed by atoms with van der Waals surface area (Å²) in [5.74, 6) is 1.59. The summed E-state index contributed by atoms with van der Waals surface area (Å²) in [5, 5.41) is 0. The Balaban J connectivity index is 2.17. The first-order valence-electron chi connectivity index (χ1n) is 4.26. The molecule has 11 heavy (non-hydrogen) atoms. The molecule has 0 saturated heterocycles. The molecule has 0 heterocycles. The summed E-state index contributed by atoms with van der Waals surface area (Å²) in [6.45, 7) is 2.29. The van der Waals surface area contributed by atoms with Gasteiger partial charge in [0.2, 0.25) is 0 Å². The maximum atomic E-state index is 2.39. The highest BCUT2D eigenvalue weighted by molar-refractivity contribution is 5.24. The lowest BCUT2D eigenvalue weighted by Crippen LogP contribution is -2.21. The zero-order valence-corrected chi connectivity index (χ0v) is 6.83. The van der Waals surface area contributed by atoms with Gasteiger partial charge >= 0.3 is 0 Å². The summed E-state index contributed by atoms with van der Waals surface area (Å²) in [6, 6.07) is 10.8. The fourth-order valence-corrected chi connectivity index (χ4v) is 1.68. The van der Waals surface area contributed by atoms with Gasteiger partial charge in [0.05, 0.1) is 0 Å². The SMILES string of the molecule is C[C@H]1[CH]C[C@@H]1c1ccccc1. The molecule has 1 aliphatic carbocycles. The van der Waals surface area contributed by atoms with Gasteiger partial charge in [-0.3, -0.25) is 0 Å². The van der Waals surface area contributed by atoms with Gasteiger partial charge in [0.15, 0.2) is 0 Å². The van der Waals surface area contributed by atoms with E-state index in [1.807, 2.05) is 0 Å². The number of hydrogen-bond donors (Lipinski definition) is 0. The van der Waals surface area contributed by atoms with Gasteiger partial charge < -0.3 is 0 Å². The molecule has 1 fully saturated rings. The Hall–Kier alpha value is -0.780. The van der Waals surface area contributed by atoms with Crippen LogP contribution in [0.5, 0.6) is 0 Å². The second-order valence-electron chi connectivity index (χ2n) is 3.35. The number of benzene rings is 1. The van der Waals surface area contributed by atoms with E-state index in [0.717, 1.165) is 11.8 Å². The van der Waals surface area contributed by atoms with Gasteiger partial charge in [-0.25, -0.2) is 0 Å². The lowest BCUT2D eigenvalue weighted by atomic mass is 9.71. The predicted molar refractivity (Wildman–Crippen MR) is 47.3 cm³/mol. The Morgan fingerprint density at radius 2 is 1.91 bits per heavy atom. The fourth-order valence-electron chi connectivity index (χ4n) is 1.68. The second-order valence-corrected chi connectivity index (χ2v) is 3.35. The molecule has 1 saturated carbocycles. The molecule has 0 aliphatic heterocycles. The van der Waals surface area contributed by atoms with Gasteiger partial charge in [-0.2, -0.15) is 0 Å². The quantitative estimate of drug-likeness (QED) is 0.570. The van der Waals surface area contributed by atoms with Gasteiger partial charge in [0, 0.05) is 0 Å². The third kappa shape index (κ3) is 1.18. The van der Waals surface area contributed by atoms with Crippen molar-refractivity contribution in [3.8, 4) is 0 Å². The van der Waals surface area contributed by atoms with Crippen LogP contribution in [0.2, 0.25) is 0 Å². The highest BCUT2D eigenvalue weighted by Crippen LogP contribution is 2.40. The van der Waals surface area contributed by atoms with Gasteiger partial charge in [-0.1, -0.05) is 37.3 Å². The standard InChI is InChI=1S/C11H13/c1-9-7-8-11(9)10-5-3-2-4-6-10/h2-7,9,11H,8H2,1H3/t9-,11-/m0/s1. The minimum absolute atomic E-state index is 0.789. The molecular weight excluding hydrogens is 132 g/mol. The van der Waals surface area contributed by atoms with Crippen molar-refractivity contribution in [1.29, 1.82) is 0 Å². The van der Waals surface area contributed by atoms with E-state index in [2.05, 4.69) is 43.7 Å². The lowest BCUT2D eigenvalue weighted by molar-refractivity contribution is 0.389. The van der Waals surface area contributed by atoms with E-state index in [0.29, 0.717) is 0 Å². The van der Waals surface area contributed by atoms with E-state index >= 15 is 0 Å². The van der Waals surface area contributed by atoms with Crippen molar-refractivity contribution in [2.45, 2.75) is 19.3 Å². The van der Waals surface area contributed by atoms with Crippen molar-refractivity contribution in [2.75, 3.05) is 0 Å². The van der Waals surface area contributed by atoms with Crippen molar-refractivity contribution < 1.29 is 0 Å². The average molecular weight is 145 g/mol. The van der Waals surface area contributed by atoms with E-state index in [9.17, 15) is 0 Å². The van der Waals surface area contributed by atoms with Crippen molar-refractivity contribution in [2.24, 2.45) is 5.92 Å². The Morgan fingerprint density at radius 1 is 1.18 bits per heavy atom. The van der Waals surface area contributed by atoms with Crippen molar-refractivity contribution in [3.05, 3.63) is 42.3 Å². The van der Waals surface area contributed by atoms with Crippen molar-refractivity contribution in [1.82, 2.24) is 0 Å². The summed E-state index contributed by atoms with van der Waals surface area (Å²) in [4.78, 5) is 0. The predicted octanol–water partition coefficient (Wildman–Crippen LogP) is 3.01. The van der Waals surface area contributed by atoms with E-state index in [1.54, 1.807) is 0 Å². The molecule has 0 heteroatoms. The Kier molecular flexibility index (Phi) is 1.69. The molecule has 0 bridgehead atoms. The molecule has 1 aromatic carbocycles. The molecule has 0 nitrogen and oxygen atoms in total. The molecule has 2 atom stereocenters. The van der Waals surface area contributed by atoms with Crippen LogP contribution in [0.3, 0.4) is 0 Å². The summed E-state index contributed by atoms with van der Waals surface area (Å²) in [7, 11) is 0. The maximum Gasteiger partial charge on any atom is -0.0131 e. The second kappa shape index (κ2) is 2.69. The van der Waals surface area contributed by atoms with Crippen LogP contribution in [-0.4, -0.2) is 0 Å². The lowest BCUT2D eigenvalue weighted by Gasteiger charge is -2.33. The Bertz CT molecular complexity index is 225. The van der Waals surface area contributed by atoms with Crippen LogP contribution in [0.15, 0.2) is 30.3 Å². The monoisotopic (exact) mass is 145 g/mol. The minimum Gasteiger partial charge on any atom is -0.0622 e. The molecule has 1 aliphatic rings. The molecular formula is C11H13. The third-order valence-electron chi connectivity index (χ3n) is 2.62. The highest BCUT2D eigenvalue weighted by Gasteiger charge is 2.27. The summed E-state index contributed by atoms with van der Waals surface area (Å²) in [5.41, 5.74) is 1.50. The number of rotatable bonds is 1. The molecule has 1 radical (unpaired) electrons. The smallest absolute Gasteiger partial charge is 0.0131 e. The topological polar surface area (TPSA) is 0 Å². The molecule has 0 amide bonds. The van der Waals surface area contributed by atoms with Crippen LogP contribution < -0.4 is 0 Å². The molecule has 2 rings (SSSR count). The fraction of sp³-hybridized carbons (Fsp3) is 0.364. The van der Waals surface area contributed by atoms with Gasteiger partial charge in [0.25, 0.3) is 0 Å². The minimum atomic E-state index is 0.789. The van der Waals surface area contributed by atoms with Crippen LogP contribution in [0.4, 0.5) is 0 Å². The molecule has 0 unspecified atom stereocenters. The number of hydrogen-bond acceptors (Lipinski definition) is 0. The molecule has 0 N–H and O–H groups in total.